The van der Waals surface area contributed by atoms with Gasteiger partial charge in [0.25, 0.3) is 0 Å². The summed E-state index contributed by atoms with van der Waals surface area (Å²) in [4.78, 5) is 18.0. The topological polar surface area (TPSA) is 33.2 Å². The molecule has 5 heteroatoms. The summed E-state index contributed by atoms with van der Waals surface area (Å²) in [5.41, 5.74) is 2.60. The van der Waals surface area contributed by atoms with Gasteiger partial charge in [0.2, 0.25) is 5.91 Å². The van der Waals surface area contributed by atoms with E-state index in [9.17, 15) is 13.6 Å². The molecule has 3 nitrogen and oxygen atoms in total. The Morgan fingerprint density at radius 3 is 2.68 bits per heavy atom. The summed E-state index contributed by atoms with van der Waals surface area (Å²) in [6, 6.07) is 5.35. The number of pyridine rings is 1. The van der Waals surface area contributed by atoms with Crippen LogP contribution in [0.1, 0.15) is 29.0 Å². The van der Waals surface area contributed by atoms with Gasteiger partial charge in [0.15, 0.2) is 0 Å². The lowest BCUT2D eigenvalue weighted by molar-refractivity contribution is -0.128. The number of carbonyl (C=O) groups is 1. The van der Waals surface area contributed by atoms with Crippen molar-refractivity contribution in [3.05, 3.63) is 65.0 Å². The van der Waals surface area contributed by atoms with Gasteiger partial charge in [-0.1, -0.05) is 0 Å². The number of aryl methyl sites for hydroxylation is 1. The minimum atomic E-state index is -0.607. The third-order valence-electron chi connectivity index (χ3n) is 4.08. The van der Waals surface area contributed by atoms with Crippen molar-refractivity contribution in [1.29, 1.82) is 0 Å². The van der Waals surface area contributed by atoms with E-state index < -0.39 is 11.6 Å². The molecule has 0 aliphatic carbocycles. The number of rotatable bonds is 3. The van der Waals surface area contributed by atoms with Crippen LogP contribution in [-0.4, -0.2) is 22.3 Å². The molecule has 1 aromatic carbocycles. The average Bonchev–Trinajstić information content (AvgIpc) is 2.82. The number of likely N-dealkylation sites (tertiary alicyclic amines) is 1. The van der Waals surface area contributed by atoms with E-state index in [0.717, 1.165) is 17.2 Å². The molecule has 1 saturated heterocycles. The Hall–Kier alpha value is -2.30. The molecule has 1 aliphatic rings. The summed E-state index contributed by atoms with van der Waals surface area (Å²) in [6.07, 6.45) is 3.74. The molecule has 0 saturated carbocycles. The quantitative estimate of drug-likeness (QED) is 0.872. The molecule has 1 aromatic heterocycles. The molecule has 2 heterocycles. The van der Waals surface area contributed by atoms with Crippen molar-refractivity contribution in [3.8, 4) is 0 Å². The van der Waals surface area contributed by atoms with Crippen LogP contribution < -0.4 is 0 Å². The van der Waals surface area contributed by atoms with Crippen molar-refractivity contribution in [2.45, 2.75) is 25.8 Å². The monoisotopic (exact) mass is 302 g/mol. The van der Waals surface area contributed by atoms with Crippen LogP contribution in [0, 0.1) is 18.6 Å². The number of carbonyl (C=O) groups excluding carboxylic acids is 1. The molecule has 1 amide bonds. The molecular formula is C17H16F2N2O. The Morgan fingerprint density at radius 2 is 2.00 bits per heavy atom. The Bertz CT molecular complexity index is 697. The molecule has 114 valence electrons. The van der Waals surface area contributed by atoms with Gasteiger partial charge in [-0.05, 0) is 41.8 Å². The molecule has 2 aromatic rings. The van der Waals surface area contributed by atoms with Crippen LogP contribution in [0.3, 0.4) is 0 Å². The molecule has 3 rings (SSSR count). The molecule has 1 fully saturated rings. The highest BCUT2D eigenvalue weighted by Gasteiger charge is 2.31. The number of aromatic nitrogens is 1. The molecule has 1 atom stereocenters. The summed E-state index contributed by atoms with van der Waals surface area (Å²) in [5.74, 6) is -1.39. The van der Waals surface area contributed by atoms with Gasteiger partial charge in [-0.2, -0.15) is 0 Å². The van der Waals surface area contributed by atoms with Crippen LogP contribution in [0.2, 0.25) is 0 Å². The van der Waals surface area contributed by atoms with Gasteiger partial charge >= 0.3 is 0 Å². The highest BCUT2D eigenvalue weighted by atomic mass is 19.1. The molecular weight excluding hydrogens is 286 g/mol. The smallest absolute Gasteiger partial charge is 0.223 e. The fourth-order valence-corrected chi connectivity index (χ4v) is 2.83. The molecule has 0 spiro atoms. The zero-order valence-corrected chi connectivity index (χ0v) is 12.2. The van der Waals surface area contributed by atoms with E-state index in [1.54, 1.807) is 17.3 Å². The standard InChI is InChI=1S/C17H16F2N2O/c1-11-2-3-20-8-14(11)10-21-9-13(6-17(21)22)12-4-15(18)7-16(19)5-12/h2-5,7-8,13H,6,9-10H2,1H3. The van der Waals surface area contributed by atoms with Gasteiger partial charge in [-0.3, -0.25) is 9.78 Å². The minimum absolute atomic E-state index is 0.00192. The van der Waals surface area contributed by atoms with Gasteiger partial charge < -0.3 is 4.90 Å². The number of hydrogen-bond donors (Lipinski definition) is 0. The Balaban J connectivity index is 1.77. The van der Waals surface area contributed by atoms with E-state index in [2.05, 4.69) is 4.98 Å². The van der Waals surface area contributed by atoms with Crippen LogP contribution in [0.4, 0.5) is 8.78 Å². The second kappa shape index (κ2) is 5.83. The van der Waals surface area contributed by atoms with E-state index in [0.29, 0.717) is 18.7 Å². The molecule has 0 radical (unpaired) electrons. The fourth-order valence-electron chi connectivity index (χ4n) is 2.83. The molecule has 22 heavy (non-hydrogen) atoms. The lowest BCUT2D eigenvalue weighted by Crippen LogP contribution is -2.24. The first-order chi connectivity index (χ1) is 10.5. The zero-order chi connectivity index (χ0) is 15.7. The van der Waals surface area contributed by atoms with Crippen molar-refractivity contribution < 1.29 is 13.6 Å². The van der Waals surface area contributed by atoms with Crippen LogP contribution in [-0.2, 0) is 11.3 Å². The van der Waals surface area contributed by atoms with Crippen molar-refractivity contribution >= 4 is 5.91 Å². The maximum atomic E-state index is 13.3. The van der Waals surface area contributed by atoms with Crippen LogP contribution in [0.15, 0.2) is 36.7 Å². The predicted octanol–water partition coefficient (Wildman–Crippen LogP) is 3.18. The summed E-state index contributed by atoms with van der Waals surface area (Å²) in [7, 11) is 0. The van der Waals surface area contributed by atoms with Gasteiger partial charge in [-0.15, -0.1) is 0 Å². The van der Waals surface area contributed by atoms with Crippen molar-refractivity contribution in [2.24, 2.45) is 0 Å². The number of hydrogen-bond acceptors (Lipinski definition) is 2. The van der Waals surface area contributed by atoms with Crippen molar-refractivity contribution in [2.75, 3.05) is 6.54 Å². The Morgan fingerprint density at radius 1 is 1.27 bits per heavy atom. The third-order valence-corrected chi connectivity index (χ3v) is 4.08. The average molecular weight is 302 g/mol. The summed E-state index contributed by atoms with van der Waals surface area (Å²) < 4.78 is 26.7. The largest absolute Gasteiger partial charge is 0.338 e. The van der Waals surface area contributed by atoms with Crippen LogP contribution in [0.25, 0.3) is 0 Å². The van der Waals surface area contributed by atoms with Crippen LogP contribution in [0.5, 0.6) is 0 Å². The van der Waals surface area contributed by atoms with Crippen molar-refractivity contribution in [3.63, 3.8) is 0 Å². The zero-order valence-electron chi connectivity index (χ0n) is 12.2. The summed E-state index contributed by atoms with van der Waals surface area (Å²) in [6.45, 7) is 2.92. The summed E-state index contributed by atoms with van der Waals surface area (Å²) in [5, 5.41) is 0. The minimum Gasteiger partial charge on any atom is -0.338 e. The number of benzene rings is 1. The van der Waals surface area contributed by atoms with Gasteiger partial charge in [0.1, 0.15) is 11.6 Å². The number of halogens is 2. The van der Waals surface area contributed by atoms with Crippen LogP contribution >= 0.6 is 0 Å². The second-order valence-corrected chi connectivity index (χ2v) is 5.68. The van der Waals surface area contributed by atoms with E-state index in [-0.39, 0.29) is 18.2 Å². The highest BCUT2D eigenvalue weighted by molar-refractivity contribution is 5.79. The van der Waals surface area contributed by atoms with Crippen molar-refractivity contribution in [1.82, 2.24) is 9.88 Å². The fraction of sp³-hybridized carbons (Fsp3) is 0.294. The van der Waals surface area contributed by atoms with Gasteiger partial charge in [-0.25, -0.2) is 8.78 Å². The SMILES string of the molecule is Cc1ccncc1CN1CC(c2cc(F)cc(F)c2)CC1=O. The second-order valence-electron chi connectivity index (χ2n) is 5.68. The molecule has 1 aliphatic heterocycles. The van der Waals surface area contributed by atoms with Gasteiger partial charge in [0, 0.05) is 43.9 Å². The first kappa shape index (κ1) is 14.6. The lowest BCUT2D eigenvalue weighted by Gasteiger charge is -2.18. The first-order valence-electron chi connectivity index (χ1n) is 7.16. The predicted molar refractivity (Wildman–Crippen MR) is 78.1 cm³/mol. The number of amides is 1. The van der Waals surface area contributed by atoms with E-state index in [1.807, 2.05) is 13.0 Å². The Labute approximate surface area is 127 Å². The normalized spacial score (nSPS) is 18.0. The molecule has 0 bridgehead atoms. The highest BCUT2D eigenvalue weighted by Crippen LogP contribution is 2.30. The Kier molecular flexibility index (Phi) is 3.88. The maximum absolute atomic E-state index is 13.3. The van der Waals surface area contributed by atoms with E-state index >= 15 is 0 Å². The summed E-state index contributed by atoms with van der Waals surface area (Å²) >= 11 is 0. The first-order valence-corrected chi connectivity index (χ1v) is 7.16. The third kappa shape index (κ3) is 2.98. The van der Waals surface area contributed by atoms with E-state index in [4.69, 9.17) is 0 Å². The van der Waals surface area contributed by atoms with Gasteiger partial charge in [0.05, 0.1) is 0 Å². The lowest BCUT2D eigenvalue weighted by atomic mass is 9.98. The maximum Gasteiger partial charge on any atom is 0.223 e. The number of nitrogens with zero attached hydrogens (tertiary/aromatic N) is 2. The molecule has 0 N–H and O–H groups in total. The molecule has 1 unspecified atom stereocenters. The van der Waals surface area contributed by atoms with E-state index in [1.165, 1.54) is 12.1 Å².